The number of rotatable bonds is 5. The van der Waals surface area contributed by atoms with Crippen LogP contribution in [0.5, 0.6) is 0 Å². The number of hydrogen-bond acceptors (Lipinski definition) is 2. The number of hydrogen-bond donors (Lipinski definition) is 0. The fraction of sp³-hybridized carbons (Fsp3) is 1.00. The van der Waals surface area contributed by atoms with Crippen LogP contribution in [0.3, 0.4) is 0 Å². The molecule has 2 heteroatoms. The minimum Gasteiger partial charge on any atom is -0.384 e. The van der Waals surface area contributed by atoms with Gasteiger partial charge in [0.15, 0.2) is 0 Å². The molecule has 0 amide bonds. The number of ether oxygens (including phenoxy) is 2. The first kappa shape index (κ1) is 11.0. The van der Waals surface area contributed by atoms with Gasteiger partial charge in [-0.3, -0.25) is 0 Å². The van der Waals surface area contributed by atoms with Gasteiger partial charge in [-0.15, -0.1) is 0 Å². The summed E-state index contributed by atoms with van der Waals surface area (Å²) in [6.45, 7) is 5.23. The summed E-state index contributed by atoms with van der Waals surface area (Å²) in [5.41, 5.74) is 0. The molecule has 0 aromatic rings. The molecule has 3 unspecified atom stereocenters. The second-order valence-electron chi connectivity index (χ2n) is 4.11. The van der Waals surface area contributed by atoms with E-state index in [1.807, 2.05) is 0 Å². The van der Waals surface area contributed by atoms with E-state index in [0.717, 1.165) is 18.9 Å². The van der Waals surface area contributed by atoms with E-state index < -0.39 is 0 Å². The van der Waals surface area contributed by atoms with Gasteiger partial charge in [0, 0.05) is 13.7 Å². The van der Waals surface area contributed by atoms with Crippen molar-refractivity contribution in [1.82, 2.24) is 0 Å². The third kappa shape index (κ3) is 3.65. The van der Waals surface area contributed by atoms with E-state index in [-0.39, 0.29) is 0 Å². The maximum absolute atomic E-state index is 5.88. The highest BCUT2D eigenvalue weighted by atomic mass is 16.5. The quantitative estimate of drug-likeness (QED) is 0.657. The Balaban J connectivity index is 2.17. The molecule has 2 nitrogen and oxygen atoms in total. The molecule has 0 spiro atoms. The molecular formula is C11H22O2. The van der Waals surface area contributed by atoms with E-state index in [1.54, 1.807) is 7.11 Å². The summed E-state index contributed by atoms with van der Waals surface area (Å²) in [4.78, 5) is 0. The predicted molar refractivity (Wildman–Crippen MR) is 53.8 cm³/mol. The SMILES string of the molecule is CCC(C)OC1CCC(COC)C1. The Bertz CT molecular complexity index is 136. The first-order valence-electron chi connectivity index (χ1n) is 5.40. The smallest absolute Gasteiger partial charge is 0.0582 e. The van der Waals surface area contributed by atoms with Crippen molar-refractivity contribution in [3.05, 3.63) is 0 Å². The lowest BCUT2D eigenvalue weighted by atomic mass is 10.1. The molecular weight excluding hydrogens is 164 g/mol. The van der Waals surface area contributed by atoms with Crippen molar-refractivity contribution in [2.75, 3.05) is 13.7 Å². The molecule has 1 aliphatic carbocycles. The number of methoxy groups -OCH3 is 1. The van der Waals surface area contributed by atoms with Gasteiger partial charge in [0.1, 0.15) is 0 Å². The molecule has 3 atom stereocenters. The predicted octanol–water partition coefficient (Wildman–Crippen LogP) is 2.62. The maximum atomic E-state index is 5.88. The van der Waals surface area contributed by atoms with Crippen molar-refractivity contribution in [3.8, 4) is 0 Å². The van der Waals surface area contributed by atoms with Gasteiger partial charge in [-0.25, -0.2) is 0 Å². The van der Waals surface area contributed by atoms with Crippen LogP contribution in [0.1, 0.15) is 39.5 Å². The molecule has 0 aromatic heterocycles. The summed E-state index contributed by atoms with van der Waals surface area (Å²) in [5.74, 6) is 0.735. The summed E-state index contributed by atoms with van der Waals surface area (Å²) in [6.07, 6.45) is 5.72. The molecule has 1 saturated carbocycles. The second kappa shape index (κ2) is 5.61. The molecule has 0 saturated heterocycles. The highest BCUT2D eigenvalue weighted by molar-refractivity contribution is 4.76. The first-order chi connectivity index (χ1) is 6.26. The van der Waals surface area contributed by atoms with Crippen LogP contribution in [0.4, 0.5) is 0 Å². The molecule has 13 heavy (non-hydrogen) atoms. The van der Waals surface area contributed by atoms with Gasteiger partial charge in [0.25, 0.3) is 0 Å². The van der Waals surface area contributed by atoms with Gasteiger partial charge in [-0.2, -0.15) is 0 Å². The van der Waals surface area contributed by atoms with E-state index in [9.17, 15) is 0 Å². The van der Waals surface area contributed by atoms with Crippen LogP contribution in [0.2, 0.25) is 0 Å². The van der Waals surface area contributed by atoms with Crippen molar-refractivity contribution in [1.29, 1.82) is 0 Å². The zero-order valence-electron chi connectivity index (χ0n) is 9.08. The zero-order valence-corrected chi connectivity index (χ0v) is 9.08. The van der Waals surface area contributed by atoms with Crippen LogP contribution in [-0.4, -0.2) is 25.9 Å². The first-order valence-corrected chi connectivity index (χ1v) is 5.40. The third-order valence-electron chi connectivity index (χ3n) is 2.90. The monoisotopic (exact) mass is 186 g/mol. The van der Waals surface area contributed by atoms with Gasteiger partial charge in [-0.1, -0.05) is 6.92 Å². The molecule has 1 rings (SSSR count). The molecule has 0 bridgehead atoms. The van der Waals surface area contributed by atoms with Crippen molar-refractivity contribution in [3.63, 3.8) is 0 Å². The van der Waals surface area contributed by atoms with Crippen LogP contribution in [-0.2, 0) is 9.47 Å². The second-order valence-corrected chi connectivity index (χ2v) is 4.11. The third-order valence-corrected chi connectivity index (χ3v) is 2.90. The fourth-order valence-electron chi connectivity index (χ4n) is 1.96. The molecule has 0 radical (unpaired) electrons. The van der Waals surface area contributed by atoms with E-state index in [4.69, 9.17) is 9.47 Å². The van der Waals surface area contributed by atoms with Crippen LogP contribution < -0.4 is 0 Å². The zero-order chi connectivity index (χ0) is 9.68. The lowest BCUT2D eigenvalue weighted by molar-refractivity contribution is -0.00340. The molecule has 1 aliphatic rings. The summed E-state index contributed by atoms with van der Waals surface area (Å²) >= 11 is 0. The Morgan fingerprint density at radius 3 is 2.77 bits per heavy atom. The lowest BCUT2D eigenvalue weighted by Crippen LogP contribution is -2.17. The van der Waals surface area contributed by atoms with Crippen molar-refractivity contribution in [2.45, 2.75) is 51.7 Å². The van der Waals surface area contributed by atoms with Gasteiger partial charge < -0.3 is 9.47 Å². The fourth-order valence-corrected chi connectivity index (χ4v) is 1.96. The van der Waals surface area contributed by atoms with Crippen molar-refractivity contribution in [2.24, 2.45) is 5.92 Å². The van der Waals surface area contributed by atoms with Gasteiger partial charge in [0.05, 0.1) is 12.2 Å². The average Bonchev–Trinajstić information content (AvgIpc) is 2.53. The Hall–Kier alpha value is -0.0800. The van der Waals surface area contributed by atoms with Crippen LogP contribution in [0.15, 0.2) is 0 Å². The Morgan fingerprint density at radius 2 is 2.15 bits per heavy atom. The van der Waals surface area contributed by atoms with Gasteiger partial charge in [0.2, 0.25) is 0 Å². The highest BCUT2D eigenvalue weighted by Gasteiger charge is 2.25. The Kier molecular flexibility index (Phi) is 4.74. The topological polar surface area (TPSA) is 18.5 Å². The Labute approximate surface area is 81.6 Å². The van der Waals surface area contributed by atoms with Crippen LogP contribution in [0, 0.1) is 5.92 Å². The molecule has 1 fully saturated rings. The van der Waals surface area contributed by atoms with Crippen molar-refractivity contribution >= 4 is 0 Å². The van der Waals surface area contributed by atoms with E-state index in [0.29, 0.717) is 12.2 Å². The summed E-state index contributed by atoms with van der Waals surface area (Å²) in [5, 5.41) is 0. The van der Waals surface area contributed by atoms with Gasteiger partial charge in [-0.05, 0) is 38.5 Å². The molecule has 0 heterocycles. The van der Waals surface area contributed by atoms with E-state index >= 15 is 0 Å². The largest absolute Gasteiger partial charge is 0.384 e. The minimum atomic E-state index is 0.422. The summed E-state index contributed by atoms with van der Waals surface area (Å²) < 4.78 is 11.0. The van der Waals surface area contributed by atoms with E-state index in [1.165, 1.54) is 19.3 Å². The van der Waals surface area contributed by atoms with Crippen LogP contribution in [0.25, 0.3) is 0 Å². The van der Waals surface area contributed by atoms with Crippen LogP contribution >= 0.6 is 0 Å². The van der Waals surface area contributed by atoms with E-state index in [2.05, 4.69) is 13.8 Å². The highest BCUT2D eigenvalue weighted by Crippen LogP contribution is 2.28. The maximum Gasteiger partial charge on any atom is 0.0582 e. The Morgan fingerprint density at radius 1 is 1.38 bits per heavy atom. The molecule has 0 N–H and O–H groups in total. The minimum absolute atomic E-state index is 0.422. The average molecular weight is 186 g/mol. The normalized spacial score (nSPS) is 30.7. The van der Waals surface area contributed by atoms with Crippen molar-refractivity contribution < 1.29 is 9.47 Å². The summed E-state index contributed by atoms with van der Waals surface area (Å²) in [6, 6.07) is 0. The lowest BCUT2D eigenvalue weighted by Gasteiger charge is -2.17. The van der Waals surface area contributed by atoms with Gasteiger partial charge >= 0.3 is 0 Å². The molecule has 0 aromatic carbocycles. The molecule has 78 valence electrons. The summed E-state index contributed by atoms with van der Waals surface area (Å²) in [7, 11) is 1.78. The molecule has 0 aliphatic heterocycles. The standard InChI is InChI=1S/C11H22O2/c1-4-9(2)13-11-6-5-10(7-11)8-12-3/h9-11H,4-8H2,1-3H3.